The molecule has 1 unspecified atom stereocenters. The second kappa shape index (κ2) is 17.2. The Kier molecular flexibility index (Phi) is 11.5. The molecule has 6 aromatic rings. The molecule has 8 rings (SSSR count). The molecule has 0 spiro atoms. The van der Waals surface area contributed by atoms with Crippen molar-refractivity contribution in [3.05, 3.63) is 199 Å². The van der Waals surface area contributed by atoms with E-state index >= 15 is 0 Å². The van der Waals surface area contributed by atoms with Crippen LogP contribution >= 0.6 is 0 Å². The maximum Gasteiger partial charge on any atom is 0.338 e. The van der Waals surface area contributed by atoms with Crippen LogP contribution in [0.5, 0.6) is 11.5 Å². The van der Waals surface area contributed by atoms with E-state index in [0.717, 1.165) is 9.47 Å². The van der Waals surface area contributed by atoms with Crippen LogP contribution in [0.1, 0.15) is 59.6 Å². The third-order valence-electron chi connectivity index (χ3n) is 11.0. The summed E-state index contributed by atoms with van der Waals surface area (Å²) in [5.74, 6) is -0.613. The smallest absolute Gasteiger partial charge is 0.338 e. The fourth-order valence-corrected chi connectivity index (χ4v) is 7.83. The van der Waals surface area contributed by atoms with Crippen LogP contribution in [0.2, 0.25) is 0 Å². The summed E-state index contributed by atoms with van der Waals surface area (Å²) in [6, 6.07) is 38.5. The number of H-pyrrole nitrogens is 1. The zero-order valence-electron chi connectivity index (χ0n) is 33.1. The second-order valence-corrected chi connectivity index (χ2v) is 14.5. The SMILES string of the molecule is COc1ccc(C(O[C@@H]2COC(n3cc(CCN4C(=O)c5ccccc5C4=O)c(=O)[nH]c3=O)[C@H](OC(=O)c3ccccc3)[C@@H]2O)(c2ccccc2)c2ccc(OC)cc2)cc1. The van der Waals surface area contributed by atoms with E-state index in [4.69, 9.17) is 23.7 Å². The van der Waals surface area contributed by atoms with Crippen LogP contribution in [-0.4, -0.2) is 83.0 Å². The maximum absolute atomic E-state index is 13.8. The van der Waals surface area contributed by atoms with Gasteiger partial charge in [0.2, 0.25) is 0 Å². The van der Waals surface area contributed by atoms with Gasteiger partial charge in [-0.1, -0.05) is 84.9 Å². The first-order valence-electron chi connectivity index (χ1n) is 19.5. The first-order chi connectivity index (χ1) is 29.6. The lowest BCUT2D eigenvalue weighted by atomic mass is 9.79. The number of methoxy groups -OCH3 is 2. The first-order valence-corrected chi connectivity index (χ1v) is 19.5. The molecule has 0 bridgehead atoms. The largest absolute Gasteiger partial charge is 0.497 e. The molecule has 14 nitrogen and oxygen atoms in total. The molecule has 0 aliphatic carbocycles. The quantitative estimate of drug-likeness (QED) is 0.0923. The molecule has 2 aliphatic rings. The average Bonchev–Trinajstić information content (AvgIpc) is 3.54. The highest BCUT2D eigenvalue weighted by atomic mass is 16.6. The van der Waals surface area contributed by atoms with Crippen molar-refractivity contribution < 1.29 is 43.2 Å². The number of rotatable bonds is 13. The number of nitrogens with one attached hydrogen (secondary N) is 1. The second-order valence-electron chi connectivity index (χ2n) is 14.5. The number of imide groups is 1. The molecule has 61 heavy (non-hydrogen) atoms. The Morgan fingerprint density at radius 2 is 1.26 bits per heavy atom. The zero-order chi connectivity index (χ0) is 42.7. The summed E-state index contributed by atoms with van der Waals surface area (Å²) in [4.78, 5) is 70.1. The van der Waals surface area contributed by atoms with Gasteiger partial charge in [-0.05, 0) is 71.6 Å². The molecule has 2 aliphatic heterocycles. The molecule has 3 heterocycles. The molecule has 0 saturated carbocycles. The van der Waals surface area contributed by atoms with Gasteiger partial charge < -0.3 is 28.8 Å². The number of aliphatic hydroxyl groups is 1. The number of fused-ring (bicyclic) bond motifs is 1. The van der Waals surface area contributed by atoms with Crippen molar-refractivity contribution in [2.45, 2.75) is 36.6 Å². The fraction of sp³-hybridized carbons (Fsp3) is 0.213. The van der Waals surface area contributed by atoms with Crippen molar-refractivity contribution in [1.29, 1.82) is 0 Å². The third kappa shape index (κ3) is 7.75. The summed E-state index contributed by atoms with van der Waals surface area (Å²) in [6.07, 6.45) is -4.80. The van der Waals surface area contributed by atoms with Gasteiger partial charge in [0, 0.05) is 18.3 Å². The molecule has 5 aromatic carbocycles. The molecule has 310 valence electrons. The van der Waals surface area contributed by atoms with Crippen LogP contribution in [-0.2, 0) is 26.2 Å². The molecule has 1 aromatic heterocycles. The highest BCUT2D eigenvalue weighted by Gasteiger charge is 2.49. The lowest BCUT2D eigenvalue weighted by molar-refractivity contribution is -0.240. The Morgan fingerprint density at radius 3 is 1.82 bits per heavy atom. The van der Waals surface area contributed by atoms with Crippen molar-refractivity contribution in [1.82, 2.24) is 14.5 Å². The number of aliphatic hydroxyl groups excluding tert-OH is 1. The van der Waals surface area contributed by atoms with E-state index in [-0.39, 0.29) is 41.8 Å². The molecule has 1 saturated heterocycles. The van der Waals surface area contributed by atoms with Crippen molar-refractivity contribution in [3.63, 3.8) is 0 Å². The van der Waals surface area contributed by atoms with Gasteiger partial charge in [-0.15, -0.1) is 0 Å². The van der Waals surface area contributed by atoms with Gasteiger partial charge in [0.25, 0.3) is 17.4 Å². The number of nitrogens with zero attached hydrogens (tertiary/aromatic N) is 2. The fourth-order valence-electron chi connectivity index (χ4n) is 7.83. The van der Waals surface area contributed by atoms with E-state index in [9.17, 15) is 29.1 Å². The van der Waals surface area contributed by atoms with Crippen molar-refractivity contribution in [2.75, 3.05) is 27.4 Å². The van der Waals surface area contributed by atoms with Gasteiger partial charge in [0.1, 0.15) is 29.3 Å². The number of aromatic amines is 1. The number of esters is 1. The third-order valence-corrected chi connectivity index (χ3v) is 11.0. The average molecular weight is 824 g/mol. The van der Waals surface area contributed by atoms with Gasteiger partial charge in [-0.25, -0.2) is 9.59 Å². The predicted molar refractivity (Wildman–Crippen MR) is 221 cm³/mol. The Labute approximate surface area is 349 Å². The van der Waals surface area contributed by atoms with E-state index in [1.54, 1.807) is 93.1 Å². The summed E-state index contributed by atoms with van der Waals surface area (Å²) < 4.78 is 31.5. The normalized spacial score (nSPS) is 18.7. The maximum atomic E-state index is 13.8. The summed E-state index contributed by atoms with van der Waals surface area (Å²) in [5.41, 5.74) is -0.351. The van der Waals surface area contributed by atoms with E-state index in [0.29, 0.717) is 28.2 Å². The van der Waals surface area contributed by atoms with E-state index < -0.39 is 59.2 Å². The van der Waals surface area contributed by atoms with Crippen LogP contribution in [0.25, 0.3) is 0 Å². The molecule has 2 amide bonds. The van der Waals surface area contributed by atoms with Gasteiger partial charge >= 0.3 is 11.7 Å². The van der Waals surface area contributed by atoms with Crippen molar-refractivity contribution in [3.8, 4) is 11.5 Å². The minimum Gasteiger partial charge on any atom is -0.497 e. The molecule has 0 radical (unpaired) electrons. The molecule has 14 heteroatoms. The monoisotopic (exact) mass is 823 g/mol. The zero-order valence-corrected chi connectivity index (χ0v) is 33.1. The summed E-state index contributed by atoms with van der Waals surface area (Å²) in [5, 5.41) is 12.4. The van der Waals surface area contributed by atoms with Gasteiger partial charge in [-0.2, -0.15) is 0 Å². The highest BCUT2D eigenvalue weighted by Crippen LogP contribution is 2.44. The number of ether oxygens (including phenoxy) is 5. The Hall–Kier alpha value is -7.13. The molecule has 1 fully saturated rings. The topological polar surface area (TPSA) is 176 Å². The Bertz CT molecular complexity index is 2580. The molecular weight excluding hydrogens is 783 g/mol. The van der Waals surface area contributed by atoms with Gasteiger partial charge in [0.15, 0.2) is 12.3 Å². The lowest BCUT2D eigenvalue weighted by Crippen LogP contribution is -2.57. The molecule has 2 N–H and O–H groups in total. The number of benzene rings is 5. The summed E-state index contributed by atoms with van der Waals surface area (Å²) in [6.45, 7) is -0.482. The first kappa shape index (κ1) is 40.6. The predicted octanol–water partition coefficient (Wildman–Crippen LogP) is 4.89. The van der Waals surface area contributed by atoms with Crippen LogP contribution in [0.3, 0.4) is 0 Å². The highest BCUT2D eigenvalue weighted by molar-refractivity contribution is 6.21. The number of carbonyl (C=O) groups excluding carboxylic acids is 3. The van der Waals surface area contributed by atoms with Crippen LogP contribution < -0.4 is 20.7 Å². The van der Waals surface area contributed by atoms with Gasteiger partial charge in [-0.3, -0.25) is 28.8 Å². The number of hydrogen-bond donors (Lipinski definition) is 2. The Morgan fingerprint density at radius 1 is 0.738 bits per heavy atom. The summed E-state index contributed by atoms with van der Waals surface area (Å²) in [7, 11) is 3.13. The van der Waals surface area contributed by atoms with Crippen molar-refractivity contribution in [2.24, 2.45) is 0 Å². The van der Waals surface area contributed by atoms with Crippen LogP contribution in [0, 0.1) is 0 Å². The summed E-state index contributed by atoms with van der Waals surface area (Å²) >= 11 is 0. The van der Waals surface area contributed by atoms with E-state index in [2.05, 4.69) is 4.98 Å². The lowest BCUT2D eigenvalue weighted by Gasteiger charge is -2.45. The number of aromatic nitrogens is 2. The number of carbonyl (C=O) groups is 3. The van der Waals surface area contributed by atoms with E-state index in [1.165, 1.54) is 6.20 Å². The minimum absolute atomic E-state index is 0.0304. The van der Waals surface area contributed by atoms with Crippen molar-refractivity contribution >= 4 is 17.8 Å². The minimum atomic E-state index is -1.63. The van der Waals surface area contributed by atoms with Crippen LogP contribution in [0.15, 0.2) is 149 Å². The van der Waals surface area contributed by atoms with Crippen LogP contribution in [0.4, 0.5) is 0 Å². The van der Waals surface area contributed by atoms with E-state index in [1.807, 2.05) is 54.6 Å². The number of hydrogen-bond acceptors (Lipinski definition) is 11. The standard InChI is InChI=1S/C47H41N3O11/c1-57-34-21-17-32(18-22-34)47(31-13-7-4-8-14-31,33-19-23-35(58-2)24-20-33)61-38-28-59-44(40(39(38)51)60-45(55)29-11-5-3-6-12-29)50-27-30(41(52)48-46(50)56)25-26-49-42(53)36-15-9-10-16-37(36)43(49)54/h3-24,27,38-40,44,51H,25-26,28H2,1-2H3,(H,48,52,56)/t38-,39-,40-,44?/m1/s1. The Balaban J connectivity index is 1.17. The molecular formula is C47H41N3O11. The van der Waals surface area contributed by atoms with Gasteiger partial charge in [0.05, 0.1) is 37.5 Å². The number of amides is 2. The molecule has 4 atom stereocenters.